The molecule has 1 fully saturated rings. The van der Waals surface area contributed by atoms with E-state index in [2.05, 4.69) is 9.51 Å². The number of aliphatic hydroxyl groups is 6. The molecule has 1 saturated carbocycles. The molecule has 158 valence electrons. The Hall–Kier alpha value is -1.28. The summed E-state index contributed by atoms with van der Waals surface area (Å²) in [7, 11) is -5.22. The average Bonchev–Trinajstić information content (AvgIpc) is 2.98. The molecule has 1 aliphatic carbocycles. The summed E-state index contributed by atoms with van der Waals surface area (Å²) < 4.78 is 21.7. The minimum atomic E-state index is -5.22. The van der Waals surface area contributed by atoms with Crippen LogP contribution >= 0.6 is 19.4 Å². The Bertz CT molecular complexity index is 878. The van der Waals surface area contributed by atoms with Crippen molar-refractivity contribution in [2.45, 2.75) is 36.3 Å². The molecule has 1 aliphatic rings. The molecule has 0 saturated heterocycles. The second kappa shape index (κ2) is 7.86. The lowest BCUT2D eigenvalue weighted by molar-refractivity contribution is -0.336. The summed E-state index contributed by atoms with van der Waals surface area (Å²) in [5, 5.41) is 59.5. The Balaban J connectivity index is 0.00000280. The van der Waals surface area contributed by atoms with Crippen LogP contribution in [0.3, 0.4) is 0 Å². The predicted molar refractivity (Wildman–Crippen MR) is 94.9 cm³/mol. The average molecular weight is 443 g/mol. The van der Waals surface area contributed by atoms with Crippen LogP contribution in [0.1, 0.15) is 0 Å². The number of aliphatic hydroxyl groups excluding tert-OH is 5. The van der Waals surface area contributed by atoms with Gasteiger partial charge in [-0.1, -0.05) is 11.6 Å². The fraction of sp³-hybridized carbons (Fsp3) is 0.429. The Labute approximate surface area is 162 Å². The first-order valence-electron chi connectivity index (χ1n) is 7.59. The van der Waals surface area contributed by atoms with Crippen LogP contribution in [0.2, 0.25) is 5.02 Å². The number of rotatable bonds is 4. The summed E-state index contributed by atoms with van der Waals surface area (Å²) in [6.07, 6.45) is -10.1. The van der Waals surface area contributed by atoms with Crippen LogP contribution in [0.5, 0.6) is 5.75 Å². The van der Waals surface area contributed by atoms with E-state index >= 15 is 0 Å². The zero-order valence-electron chi connectivity index (χ0n) is 14.1. The molecule has 2 aromatic rings. The van der Waals surface area contributed by atoms with Crippen molar-refractivity contribution >= 4 is 30.3 Å². The summed E-state index contributed by atoms with van der Waals surface area (Å²) in [6, 6.07) is 4.56. The van der Waals surface area contributed by atoms with Gasteiger partial charge in [0.15, 0.2) is 5.75 Å². The molecule has 1 unspecified atom stereocenters. The highest BCUT2D eigenvalue weighted by Gasteiger charge is 2.61. The highest BCUT2D eigenvalue weighted by atomic mass is 35.5. The number of aromatic nitrogens is 1. The van der Waals surface area contributed by atoms with Crippen molar-refractivity contribution in [3.63, 3.8) is 0 Å². The van der Waals surface area contributed by atoms with Crippen LogP contribution in [0.25, 0.3) is 10.9 Å². The van der Waals surface area contributed by atoms with Crippen LogP contribution in [-0.4, -0.2) is 76.8 Å². The summed E-state index contributed by atoms with van der Waals surface area (Å²) in [5.74, 6) is -3.51. The molecule has 0 spiro atoms. The van der Waals surface area contributed by atoms with Crippen molar-refractivity contribution in [3.8, 4) is 5.75 Å². The number of phosphoric acid groups is 1. The van der Waals surface area contributed by atoms with E-state index in [9.17, 15) is 40.1 Å². The standard InChI is InChI=1S/C14H17ClNO10P.H3N/c15-5-1-2-7-6(3-5)8(4-16-7)25-27(23,24)26-14(22)12(20)10(18)9(17)11(19)13(14)21;/h1-4,9-13,16-22H,(H,23,24);1H3/t9-,10-,11+,12-,13-,14-;/m1./s1. The van der Waals surface area contributed by atoms with Crippen LogP contribution in [0, 0.1) is 0 Å². The highest BCUT2D eigenvalue weighted by Crippen LogP contribution is 2.51. The van der Waals surface area contributed by atoms with E-state index in [0.29, 0.717) is 15.9 Å². The molecule has 14 heteroatoms. The molecule has 12 nitrogen and oxygen atoms in total. The number of halogens is 1. The number of nitrogens with one attached hydrogen (secondary N) is 1. The third-order valence-corrected chi connectivity index (χ3v) is 5.46. The van der Waals surface area contributed by atoms with Gasteiger partial charge >= 0.3 is 7.82 Å². The van der Waals surface area contributed by atoms with E-state index in [1.807, 2.05) is 0 Å². The van der Waals surface area contributed by atoms with Crippen molar-refractivity contribution in [1.82, 2.24) is 11.1 Å². The van der Waals surface area contributed by atoms with Crippen LogP contribution in [0.4, 0.5) is 0 Å². The minimum Gasteiger partial charge on any atom is -0.402 e. The maximum atomic E-state index is 12.3. The normalized spacial score (nSPS) is 35.2. The lowest BCUT2D eigenvalue weighted by atomic mass is 9.82. The number of hydrogen-bond donors (Lipinski definition) is 9. The monoisotopic (exact) mass is 442 g/mol. The van der Waals surface area contributed by atoms with Gasteiger partial charge in [-0.15, -0.1) is 0 Å². The van der Waals surface area contributed by atoms with Crippen LogP contribution < -0.4 is 10.7 Å². The van der Waals surface area contributed by atoms with Gasteiger partial charge in [0, 0.05) is 22.1 Å². The smallest absolute Gasteiger partial charge is 0.402 e. The van der Waals surface area contributed by atoms with E-state index in [-0.39, 0.29) is 11.9 Å². The van der Waals surface area contributed by atoms with Gasteiger partial charge in [-0.05, 0) is 18.2 Å². The number of H-pyrrole nitrogens is 1. The van der Waals surface area contributed by atoms with Gasteiger partial charge in [0.1, 0.15) is 30.5 Å². The first kappa shape index (κ1) is 23.0. The summed E-state index contributed by atoms with van der Waals surface area (Å²) in [6.45, 7) is 0. The third kappa shape index (κ3) is 3.90. The number of aromatic amines is 1. The molecule has 3 rings (SSSR count). The molecular formula is C14H20ClN2O10P. The predicted octanol–water partition coefficient (Wildman–Crippen LogP) is -1.01. The maximum absolute atomic E-state index is 12.3. The topological polar surface area (TPSA) is 228 Å². The fourth-order valence-corrected chi connectivity index (χ4v) is 4.01. The molecule has 28 heavy (non-hydrogen) atoms. The van der Waals surface area contributed by atoms with Crippen molar-refractivity contribution in [3.05, 3.63) is 29.4 Å². The molecule has 1 heterocycles. The van der Waals surface area contributed by atoms with Gasteiger partial charge in [0.25, 0.3) is 0 Å². The SMILES string of the molecule is N.O=P(O)(Oc1c[nH]c2ccc(Cl)cc12)O[C@]1(O)[C@H](O)[C@H](O)[C@@H](O)[C@H](O)[C@H]1O. The van der Waals surface area contributed by atoms with Gasteiger partial charge in [-0.25, -0.2) is 9.09 Å². The number of benzene rings is 1. The van der Waals surface area contributed by atoms with Crippen molar-refractivity contribution in [2.75, 3.05) is 0 Å². The van der Waals surface area contributed by atoms with Gasteiger partial charge in [0.05, 0.1) is 0 Å². The lowest BCUT2D eigenvalue weighted by Gasteiger charge is -2.46. The van der Waals surface area contributed by atoms with Crippen LogP contribution in [0.15, 0.2) is 24.4 Å². The zero-order valence-corrected chi connectivity index (χ0v) is 15.7. The number of phosphoric ester groups is 1. The van der Waals surface area contributed by atoms with E-state index in [1.165, 1.54) is 12.3 Å². The molecule has 1 aromatic heterocycles. The Kier molecular flexibility index (Phi) is 6.46. The highest BCUT2D eigenvalue weighted by molar-refractivity contribution is 7.47. The quantitative estimate of drug-likeness (QED) is 0.205. The van der Waals surface area contributed by atoms with Gasteiger partial charge in [-0.2, -0.15) is 0 Å². The van der Waals surface area contributed by atoms with Crippen LogP contribution in [-0.2, 0) is 9.09 Å². The molecule has 7 atom stereocenters. The Morgan fingerprint density at radius 3 is 2.21 bits per heavy atom. The molecule has 1 aromatic carbocycles. The van der Waals surface area contributed by atoms with E-state index < -0.39 is 44.1 Å². The van der Waals surface area contributed by atoms with E-state index in [1.54, 1.807) is 12.1 Å². The summed E-state index contributed by atoms with van der Waals surface area (Å²) >= 11 is 5.86. The number of fused-ring (bicyclic) bond motifs is 1. The second-order valence-corrected chi connectivity index (χ2v) is 7.85. The van der Waals surface area contributed by atoms with E-state index in [4.69, 9.17) is 16.1 Å². The van der Waals surface area contributed by atoms with Crippen molar-refractivity contribution in [2.24, 2.45) is 0 Å². The fourth-order valence-electron chi connectivity index (χ4n) is 2.82. The molecule has 0 bridgehead atoms. The first-order chi connectivity index (χ1) is 12.5. The maximum Gasteiger partial charge on any atom is 0.530 e. The Morgan fingerprint density at radius 2 is 1.64 bits per heavy atom. The summed E-state index contributed by atoms with van der Waals surface area (Å²) in [5.41, 5.74) is 0.500. The molecule has 0 amide bonds. The zero-order chi connectivity index (χ0) is 20.1. The minimum absolute atomic E-state index is 0. The second-order valence-electron chi connectivity index (χ2n) is 6.11. The lowest BCUT2D eigenvalue weighted by Crippen LogP contribution is -2.71. The first-order valence-corrected chi connectivity index (χ1v) is 9.46. The molecular weight excluding hydrogens is 423 g/mol. The van der Waals surface area contributed by atoms with E-state index in [0.717, 1.165) is 0 Å². The van der Waals surface area contributed by atoms with Gasteiger partial charge in [0.2, 0.25) is 5.79 Å². The number of hydrogen-bond acceptors (Lipinski definition) is 10. The molecule has 0 aliphatic heterocycles. The summed E-state index contributed by atoms with van der Waals surface area (Å²) in [4.78, 5) is 12.7. The van der Waals surface area contributed by atoms with Gasteiger partial charge in [-0.3, -0.25) is 4.89 Å². The molecule has 11 N–H and O–H groups in total. The van der Waals surface area contributed by atoms with Crippen molar-refractivity contribution < 1.29 is 49.1 Å². The third-order valence-electron chi connectivity index (χ3n) is 4.28. The largest absolute Gasteiger partial charge is 0.530 e. The Morgan fingerprint density at radius 1 is 1.07 bits per heavy atom. The van der Waals surface area contributed by atoms with Gasteiger partial charge < -0.3 is 46.3 Å². The van der Waals surface area contributed by atoms with Crippen molar-refractivity contribution in [1.29, 1.82) is 0 Å². The molecule has 0 radical (unpaired) electrons.